The van der Waals surface area contributed by atoms with Gasteiger partial charge in [0.05, 0.1) is 4.92 Å². The second kappa shape index (κ2) is 4.93. The van der Waals surface area contributed by atoms with Crippen molar-refractivity contribution in [1.82, 2.24) is 0 Å². The van der Waals surface area contributed by atoms with Crippen LogP contribution in [0, 0.1) is 10.1 Å². The van der Waals surface area contributed by atoms with E-state index in [1.54, 1.807) is 6.08 Å². The summed E-state index contributed by atoms with van der Waals surface area (Å²) in [4.78, 5) is 9.40. The summed E-state index contributed by atoms with van der Waals surface area (Å²) < 4.78 is -0.0643. The van der Waals surface area contributed by atoms with Gasteiger partial charge in [0.25, 0.3) is 0 Å². The zero-order valence-electron chi connectivity index (χ0n) is 5.16. The van der Waals surface area contributed by atoms with Gasteiger partial charge in [0.15, 0.2) is 0 Å². The van der Waals surface area contributed by atoms with Crippen LogP contribution in [-0.4, -0.2) is 4.92 Å². The summed E-state index contributed by atoms with van der Waals surface area (Å²) in [5, 5.41) is 9.92. The first-order valence-electron chi connectivity index (χ1n) is 2.47. The van der Waals surface area contributed by atoms with E-state index >= 15 is 0 Å². The fraction of sp³-hybridized carbons (Fsp3) is 0. The summed E-state index contributed by atoms with van der Waals surface area (Å²) in [7, 11) is 0. The number of nitro groups is 1. The Hall–Kier alpha value is -0.900. The number of halogens is 1. The average Bonchev–Trinajstić information content (AvgIpc) is 1.88. The molecule has 0 aromatic heterocycles. The number of rotatable bonds is 3. The van der Waals surface area contributed by atoms with Crippen molar-refractivity contribution in [2.45, 2.75) is 0 Å². The first-order valence-corrected chi connectivity index (χ1v) is 3.27. The largest absolute Gasteiger partial charge is 0.310 e. The Morgan fingerprint density at radius 2 is 2.20 bits per heavy atom. The van der Waals surface area contributed by atoms with E-state index < -0.39 is 4.92 Å². The zero-order valence-corrected chi connectivity index (χ0v) is 6.74. The molecule has 0 N–H and O–H groups in total. The first-order chi connectivity index (χ1) is 4.68. The van der Waals surface area contributed by atoms with E-state index in [4.69, 9.17) is 0 Å². The van der Waals surface area contributed by atoms with Gasteiger partial charge in [0.2, 0.25) is 0 Å². The van der Waals surface area contributed by atoms with Crippen LogP contribution in [0.5, 0.6) is 0 Å². The highest BCUT2D eigenvalue weighted by molar-refractivity contribution is 9.11. The van der Waals surface area contributed by atoms with Crippen LogP contribution in [0.1, 0.15) is 0 Å². The molecule has 54 valence electrons. The quantitative estimate of drug-likeness (QED) is 0.306. The third kappa shape index (κ3) is 4.03. The molecule has 0 amide bonds. The SMILES string of the molecule is C=C/C=C\C=C(/Br)[N+](=O)[O-]. The van der Waals surface area contributed by atoms with Gasteiger partial charge in [-0.3, -0.25) is 10.1 Å². The third-order valence-corrected chi connectivity index (χ3v) is 1.21. The maximum atomic E-state index is 9.92. The molecule has 0 unspecified atom stereocenters. The standard InChI is InChI=1S/C6H6BrNO2/c1-2-3-4-5-6(7)8(9)10/h2-5H,1H2/b4-3-,6-5+. The van der Waals surface area contributed by atoms with Crippen LogP contribution >= 0.6 is 15.9 Å². The highest BCUT2D eigenvalue weighted by atomic mass is 79.9. The van der Waals surface area contributed by atoms with Gasteiger partial charge in [-0.25, -0.2) is 0 Å². The molecule has 0 atom stereocenters. The molecule has 10 heavy (non-hydrogen) atoms. The van der Waals surface area contributed by atoms with E-state index in [0.717, 1.165) is 0 Å². The summed E-state index contributed by atoms with van der Waals surface area (Å²) in [5.74, 6) is 0. The lowest BCUT2D eigenvalue weighted by Gasteiger charge is -1.81. The van der Waals surface area contributed by atoms with Crippen LogP contribution in [-0.2, 0) is 0 Å². The second-order valence-corrected chi connectivity index (χ2v) is 2.18. The molecular weight excluding hydrogens is 198 g/mol. The fourth-order valence-corrected chi connectivity index (χ4v) is 0.427. The molecule has 0 bridgehead atoms. The summed E-state index contributed by atoms with van der Waals surface area (Å²) in [5.41, 5.74) is 0. The van der Waals surface area contributed by atoms with Crippen LogP contribution in [0.15, 0.2) is 35.5 Å². The van der Waals surface area contributed by atoms with Crippen molar-refractivity contribution in [3.05, 3.63) is 45.6 Å². The Morgan fingerprint density at radius 1 is 1.60 bits per heavy atom. The number of hydrogen-bond acceptors (Lipinski definition) is 2. The minimum Gasteiger partial charge on any atom is -0.258 e. The van der Waals surface area contributed by atoms with Gasteiger partial charge in [0, 0.05) is 22.0 Å². The Labute approximate surface area is 67.0 Å². The van der Waals surface area contributed by atoms with E-state index in [1.807, 2.05) is 0 Å². The molecule has 0 aromatic carbocycles. The Morgan fingerprint density at radius 3 is 2.60 bits per heavy atom. The Balaban J connectivity index is 4.04. The molecule has 4 heteroatoms. The topological polar surface area (TPSA) is 43.1 Å². The van der Waals surface area contributed by atoms with Gasteiger partial charge in [0.1, 0.15) is 0 Å². The molecule has 0 aliphatic heterocycles. The van der Waals surface area contributed by atoms with Gasteiger partial charge in [-0.1, -0.05) is 24.8 Å². The summed E-state index contributed by atoms with van der Waals surface area (Å²) in [6.07, 6.45) is 6.00. The molecule has 0 radical (unpaired) electrons. The van der Waals surface area contributed by atoms with E-state index in [9.17, 15) is 10.1 Å². The predicted molar refractivity (Wildman–Crippen MR) is 43.3 cm³/mol. The molecule has 0 fully saturated rings. The maximum Gasteiger partial charge on any atom is 0.310 e. The molecular formula is C6H6BrNO2. The van der Waals surface area contributed by atoms with Gasteiger partial charge < -0.3 is 0 Å². The summed E-state index contributed by atoms with van der Waals surface area (Å²) in [6, 6.07) is 0. The highest BCUT2D eigenvalue weighted by Crippen LogP contribution is 2.04. The van der Waals surface area contributed by atoms with Gasteiger partial charge in [-0.15, -0.1) is 0 Å². The van der Waals surface area contributed by atoms with Crippen LogP contribution in [0.3, 0.4) is 0 Å². The summed E-state index contributed by atoms with van der Waals surface area (Å²) >= 11 is 2.75. The molecule has 0 heterocycles. The van der Waals surface area contributed by atoms with Crippen molar-refractivity contribution < 1.29 is 4.92 Å². The van der Waals surface area contributed by atoms with Crippen molar-refractivity contribution in [3.63, 3.8) is 0 Å². The zero-order chi connectivity index (χ0) is 7.98. The minimum atomic E-state index is -0.520. The van der Waals surface area contributed by atoms with Crippen LogP contribution in [0.4, 0.5) is 0 Å². The normalized spacial score (nSPS) is 11.9. The number of hydrogen-bond donors (Lipinski definition) is 0. The molecule has 0 saturated carbocycles. The Kier molecular flexibility index (Phi) is 4.49. The van der Waals surface area contributed by atoms with E-state index in [0.29, 0.717) is 0 Å². The lowest BCUT2D eigenvalue weighted by molar-refractivity contribution is -0.408. The molecule has 0 saturated heterocycles. The van der Waals surface area contributed by atoms with Crippen molar-refractivity contribution in [2.24, 2.45) is 0 Å². The van der Waals surface area contributed by atoms with E-state index in [2.05, 4.69) is 22.5 Å². The average molecular weight is 204 g/mol. The third-order valence-electron chi connectivity index (χ3n) is 0.655. The van der Waals surface area contributed by atoms with Crippen LogP contribution in [0.2, 0.25) is 0 Å². The second-order valence-electron chi connectivity index (χ2n) is 1.37. The summed E-state index contributed by atoms with van der Waals surface area (Å²) in [6.45, 7) is 3.40. The molecule has 0 aliphatic carbocycles. The van der Waals surface area contributed by atoms with E-state index in [-0.39, 0.29) is 4.61 Å². The molecule has 0 rings (SSSR count). The predicted octanol–water partition coefficient (Wildman–Crippen LogP) is 2.24. The Bertz CT molecular complexity index is 196. The van der Waals surface area contributed by atoms with E-state index in [1.165, 1.54) is 18.2 Å². The van der Waals surface area contributed by atoms with Crippen molar-refractivity contribution in [1.29, 1.82) is 0 Å². The first kappa shape index (κ1) is 9.10. The number of nitrogens with zero attached hydrogens (tertiary/aromatic N) is 1. The minimum absolute atomic E-state index is 0.0643. The van der Waals surface area contributed by atoms with Crippen LogP contribution < -0.4 is 0 Å². The van der Waals surface area contributed by atoms with Gasteiger partial charge in [-0.05, 0) is 0 Å². The molecule has 0 spiro atoms. The lowest BCUT2D eigenvalue weighted by Crippen LogP contribution is -1.88. The van der Waals surface area contributed by atoms with Crippen LogP contribution in [0.25, 0.3) is 0 Å². The van der Waals surface area contributed by atoms with Gasteiger partial charge in [-0.2, -0.15) is 0 Å². The van der Waals surface area contributed by atoms with Crippen molar-refractivity contribution in [2.75, 3.05) is 0 Å². The van der Waals surface area contributed by atoms with Crippen molar-refractivity contribution in [3.8, 4) is 0 Å². The van der Waals surface area contributed by atoms with Gasteiger partial charge >= 0.3 is 4.61 Å². The molecule has 3 nitrogen and oxygen atoms in total. The smallest absolute Gasteiger partial charge is 0.258 e. The molecule has 0 aromatic rings. The van der Waals surface area contributed by atoms with Crippen molar-refractivity contribution >= 4 is 15.9 Å². The maximum absolute atomic E-state index is 9.92. The molecule has 0 aliphatic rings. The number of allylic oxidation sites excluding steroid dienone is 4. The fourth-order valence-electron chi connectivity index (χ4n) is 0.274. The monoisotopic (exact) mass is 203 g/mol. The lowest BCUT2D eigenvalue weighted by atomic mass is 10.5. The highest BCUT2D eigenvalue weighted by Gasteiger charge is 1.99.